The topological polar surface area (TPSA) is 59.2 Å². The highest BCUT2D eigenvalue weighted by molar-refractivity contribution is 6.30. The van der Waals surface area contributed by atoms with Crippen LogP contribution in [0.15, 0.2) is 36.5 Å². The summed E-state index contributed by atoms with van der Waals surface area (Å²) in [5.41, 5.74) is 7.34. The number of halogens is 2. The maximum Gasteiger partial charge on any atom is 0.256 e. The number of aromatic nitrogens is 1. The van der Waals surface area contributed by atoms with E-state index in [0.717, 1.165) is 5.56 Å². The van der Waals surface area contributed by atoms with Crippen molar-refractivity contribution >= 4 is 34.8 Å². The van der Waals surface area contributed by atoms with Gasteiger partial charge in [0.15, 0.2) is 0 Å². The maximum absolute atomic E-state index is 12.3. The Balaban J connectivity index is 2.18. The van der Waals surface area contributed by atoms with E-state index >= 15 is 0 Å². The molecular weight excluding hydrogens is 297 g/mol. The van der Waals surface area contributed by atoms with Crippen molar-refractivity contribution in [3.63, 3.8) is 0 Å². The van der Waals surface area contributed by atoms with Crippen LogP contribution < -0.4 is 5.73 Å². The fourth-order valence-corrected chi connectivity index (χ4v) is 2.18. The van der Waals surface area contributed by atoms with E-state index in [-0.39, 0.29) is 11.1 Å². The minimum Gasteiger partial charge on any atom is -0.397 e. The van der Waals surface area contributed by atoms with Crippen LogP contribution in [0.2, 0.25) is 10.2 Å². The fraction of sp³-hybridized carbons (Fsp3) is 0.143. The van der Waals surface area contributed by atoms with Crippen LogP contribution in [0.4, 0.5) is 5.69 Å². The molecule has 2 rings (SSSR count). The third kappa shape index (κ3) is 3.40. The van der Waals surface area contributed by atoms with Gasteiger partial charge in [0.05, 0.1) is 17.4 Å². The fourth-order valence-electron chi connectivity index (χ4n) is 1.81. The highest BCUT2D eigenvalue weighted by Gasteiger charge is 2.16. The van der Waals surface area contributed by atoms with Gasteiger partial charge in [0.2, 0.25) is 0 Å². The molecule has 0 saturated carbocycles. The van der Waals surface area contributed by atoms with Crippen LogP contribution in [0.3, 0.4) is 0 Å². The van der Waals surface area contributed by atoms with Gasteiger partial charge in [-0.3, -0.25) is 4.79 Å². The Morgan fingerprint density at radius 1 is 1.35 bits per heavy atom. The second-order valence-corrected chi connectivity index (χ2v) is 5.21. The summed E-state index contributed by atoms with van der Waals surface area (Å²) in [6, 6.07) is 8.81. The van der Waals surface area contributed by atoms with Gasteiger partial charge in [0.1, 0.15) is 5.15 Å². The molecule has 2 aromatic rings. The number of carbonyl (C=O) groups excluding carboxylic acids is 1. The predicted molar refractivity (Wildman–Crippen MR) is 80.9 cm³/mol. The van der Waals surface area contributed by atoms with Crippen molar-refractivity contribution in [3.8, 4) is 0 Å². The number of pyridine rings is 1. The lowest BCUT2D eigenvalue weighted by Crippen LogP contribution is -2.27. The Labute approximate surface area is 127 Å². The number of hydrogen-bond donors (Lipinski definition) is 1. The molecule has 1 heterocycles. The molecule has 1 aromatic heterocycles. The highest BCUT2D eigenvalue weighted by atomic mass is 35.5. The number of nitrogen functional groups attached to an aromatic ring is 1. The minimum absolute atomic E-state index is 0.216. The first-order chi connectivity index (χ1) is 9.47. The van der Waals surface area contributed by atoms with Gasteiger partial charge in [-0.25, -0.2) is 4.98 Å². The number of benzene rings is 1. The molecule has 104 valence electrons. The summed E-state index contributed by atoms with van der Waals surface area (Å²) in [5.74, 6) is -0.216. The molecule has 0 bridgehead atoms. The lowest BCUT2D eigenvalue weighted by molar-refractivity contribution is 0.0786. The quantitative estimate of drug-likeness (QED) is 0.885. The van der Waals surface area contributed by atoms with E-state index in [1.165, 1.54) is 12.3 Å². The van der Waals surface area contributed by atoms with Gasteiger partial charge >= 0.3 is 0 Å². The number of nitrogens with two attached hydrogens (primary N) is 1. The third-order valence-electron chi connectivity index (χ3n) is 2.79. The van der Waals surface area contributed by atoms with Crippen LogP contribution in [-0.4, -0.2) is 22.8 Å². The number of hydrogen-bond acceptors (Lipinski definition) is 3. The number of amides is 1. The first-order valence-electron chi connectivity index (χ1n) is 5.88. The SMILES string of the molecule is CN(Cc1cccc(Cl)c1)C(=O)c1cc(Cl)ncc1N. The lowest BCUT2D eigenvalue weighted by Gasteiger charge is -2.18. The van der Waals surface area contributed by atoms with Gasteiger partial charge in [0, 0.05) is 18.6 Å². The summed E-state index contributed by atoms with van der Waals surface area (Å²) in [6.07, 6.45) is 1.38. The Morgan fingerprint density at radius 3 is 2.80 bits per heavy atom. The number of anilines is 1. The minimum atomic E-state index is -0.216. The average Bonchev–Trinajstić information content (AvgIpc) is 2.40. The normalized spacial score (nSPS) is 10.3. The van der Waals surface area contributed by atoms with Crippen molar-refractivity contribution in [2.75, 3.05) is 12.8 Å². The zero-order valence-electron chi connectivity index (χ0n) is 10.8. The summed E-state index contributed by atoms with van der Waals surface area (Å²) >= 11 is 11.7. The van der Waals surface area contributed by atoms with Crippen LogP contribution in [0.5, 0.6) is 0 Å². The molecule has 1 aromatic carbocycles. The molecule has 0 radical (unpaired) electrons. The van der Waals surface area contributed by atoms with Crippen LogP contribution in [-0.2, 0) is 6.54 Å². The molecule has 0 fully saturated rings. The molecule has 2 N–H and O–H groups in total. The largest absolute Gasteiger partial charge is 0.397 e. The van der Waals surface area contributed by atoms with E-state index in [9.17, 15) is 4.79 Å². The smallest absolute Gasteiger partial charge is 0.256 e. The molecule has 0 atom stereocenters. The highest BCUT2D eigenvalue weighted by Crippen LogP contribution is 2.18. The Hall–Kier alpha value is -1.78. The van der Waals surface area contributed by atoms with Gasteiger partial charge in [-0.1, -0.05) is 35.3 Å². The van der Waals surface area contributed by atoms with E-state index in [4.69, 9.17) is 28.9 Å². The summed E-state index contributed by atoms with van der Waals surface area (Å²) in [7, 11) is 1.69. The van der Waals surface area contributed by atoms with Crippen molar-refractivity contribution in [3.05, 3.63) is 57.8 Å². The monoisotopic (exact) mass is 309 g/mol. The van der Waals surface area contributed by atoms with E-state index in [0.29, 0.717) is 22.8 Å². The van der Waals surface area contributed by atoms with E-state index in [1.807, 2.05) is 18.2 Å². The van der Waals surface area contributed by atoms with E-state index in [1.54, 1.807) is 18.0 Å². The second kappa shape index (κ2) is 6.11. The first-order valence-corrected chi connectivity index (χ1v) is 6.64. The van der Waals surface area contributed by atoms with E-state index < -0.39 is 0 Å². The molecule has 1 amide bonds. The standard InChI is InChI=1S/C14H13Cl2N3O/c1-19(8-9-3-2-4-10(15)5-9)14(20)11-6-13(16)18-7-12(11)17/h2-7H,8,17H2,1H3. The molecule has 20 heavy (non-hydrogen) atoms. The van der Waals surface area contributed by atoms with Crippen LogP contribution in [0, 0.1) is 0 Å². The first kappa shape index (κ1) is 14.6. The third-order valence-corrected chi connectivity index (χ3v) is 3.23. The molecule has 0 aliphatic rings. The van der Waals surface area contributed by atoms with Crippen molar-refractivity contribution in [2.45, 2.75) is 6.54 Å². The molecule has 6 heteroatoms. The molecular formula is C14H13Cl2N3O. The van der Waals surface area contributed by atoms with Crippen LogP contribution >= 0.6 is 23.2 Å². The Bertz CT molecular complexity index is 646. The summed E-state index contributed by atoms with van der Waals surface area (Å²) in [6.45, 7) is 0.429. The van der Waals surface area contributed by atoms with Crippen LogP contribution in [0.1, 0.15) is 15.9 Å². The van der Waals surface area contributed by atoms with Crippen molar-refractivity contribution in [1.29, 1.82) is 0 Å². The molecule has 0 aliphatic heterocycles. The van der Waals surface area contributed by atoms with Gasteiger partial charge < -0.3 is 10.6 Å². The number of nitrogens with zero attached hydrogens (tertiary/aromatic N) is 2. The summed E-state index contributed by atoms with van der Waals surface area (Å²) < 4.78 is 0. The zero-order chi connectivity index (χ0) is 14.7. The summed E-state index contributed by atoms with van der Waals surface area (Å²) in [5, 5.41) is 0.869. The number of rotatable bonds is 3. The Morgan fingerprint density at radius 2 is 2.10 bits per heavy atom. The maximum atomic E-state index is 12.3. The molecule has 4 nitrogen and oxygen atoms in total. The van der Waals surface area contributed by atoms with Crippen molar-refractivity contribution in [2.24, 2.45) is 0 Å². The number of carbonyl (C=O) groups is 1. The van der Waals surface area contributed by atoms with Gasteiger partial charge in [-0.15, -0.1) is 0 Å². The summed E-state index contributed by atoms with van der Waals surface area (Å²) in [4.78, 5) is 17.7. The van der Waals surface area contributed by atoms with Gasteiger partial charge in [-0.05, 0) is 23.8 Å². The van der Waals surface area contributed by atoms with Gasteiger partial charge in [0.25, 0.3) is 5.91 Å². The Kier molecular flexibility index (Phi) is 4.47. The van der Waals surface area contributed by atoms with Crippen LogP contribution in [0.25, 0.3) is 0 Å². The molecule has 0 saturated heterocycles. The van der Waals surface area contributed by atoms with Crippen molar-refractivity contribution < 1.29 is 4.79 Å². The molecule has 0 aliphatic carbocycles. The lowest BCUT2D eigenvalue weighted by atomic mass is 10.1. The second-order valence-electron chi connectivity index (χ2n) is 4.39. The van der Waals surface area contributed by atoms with Crippen molar-refractivity contribution in [1.82, 2.24) is 9.88 Å². The molecule has 0 spiro atoms. The van der Waals surface area contributed by atoms with E-state index in [2.05, 4.69) is 4.98 Å². The predicted octanol–water partition coefficient (Wildman–Crippen LogP) is 3.24. The average molecular weight is 310 g/mol. The molecule has 0 unspecified atom stereocenters. The van der Waals surface area contributed by atoms with Gasteiger partial charge in [-0.2, -0.15) is 0 Å². The zero-order valence-corrected chi connectivity index (χ0v) is 12.3.